The van der Waals surface area contributed by atoms with E-state index in [2.05, 4.69) is 38.4 Å². The van der Waals surface area contributed by atoms with Crippen molar-refractivity contribution in [2.75, 3.05) is 13.1 Å². The van der Waals surface area contributed by atoms with Crippen molar-refractivity contribution in [1.29, 1.82) is 0 Å². The molecule has 11 heteroatoms. The van der Waals surface area contributed by atoms with Crippen LogP contribution in [0.2, 0.25) is 0 Å². The molecule has 1 fully saturated rings. The SMILES string of the molecule is Cc1nc(C)c(SN2CCC[C@@H](NC3=NC(c4c(-c5ccc(F)cc5)nc5occn45)CC=N3)C2)s1. The van der Waals surface area contributed by atoms with Crippen molar-refractivity contribution >= 4 is 41.3 Å². The molecule has 6 rings (SSSR count). The molecule has 5 heterocycles. The van der Waals surface area contributed by atoms with E-state index in [1.807, 2.05) is 16.8 Å². The second-order valence-electron chi connectivity index (χ2n) is 8.99. The minimum atomic E-state index is -0.280. The zero-order chi connectivity index (χ0) is 24.6. The summed E-state index contributed by atoms with van der Waals surface area (Å²) in [4.78, 5) is 18.8. The van der Waals surface area contributed by atoms with Crippen LogP contribution in [0.15, 0.2) is 55.3 Å². The topological polar surface area (TPSA) is 83.3 Å². The lowest BCUT2D eigenvalue weighted by Gasteiger charge is -2.32. The van der Waals surface area contributed by atoms with Crippen molar-refractivity contribution in [3.8, 4) is 11.3 Å². The number of imidazole rings is 1. The molecule has 4 aromatic rings. The minimum Gasteiger partial charge on any atom is -0.432 e. The van der Waals surface area contributed by atoms with Crippen molar-refractivity contribution < 1.29 is 8.81 Å². The van der Waals surface area contributed by atoms with Gasteiger partial charge in [-0.15, -0.1) is 11.3 Å². The molecule has 2 aliphatic rings. The van der Waals surface area contributed by atoms with Crippen molar-refractivity contribution in [2.24, 2.45) is 9.98 Å². The molecule has 3 aromatic heterocycles. The average molecular weight is 524 g/mol. The van der Waals surface area contributed by atoms with E-state index in [-0.39, 0.29) is 17.9 Å². The van der Waals surface area contributed by atoms with E-state index < -0.39 is 0 Å². The summed E-state index contributed by atoms with van der Waals surface area (Å²) in [5, 5.41) is 4.68. The summed E-state index contributed by atoms with van der Waals surface area (Å²) < 4.78 is 24.7. The highest BCUT2D eigenvalue weighted by molar-refractivity contribution is 7.99. The quantitative estimate of drug-likeness (QED) is 0.351. The van der Waals surface area contributed by atoms with Crippen LogP contribution in [0.1, 0.15) is 41.7 Å². The third kappa shape index (κ3) is 4.70. The number of rotatable bonds is 5. The van der Waals surface area contributed by atoms with E-state index in [1.165, 1.54) is 16.3 Å². The normalized spacial score (nSPS) is 20.7. The molecule has 0 spiro atoms. The number of guanidine groups is 1. The number of fused-ring (bicyclic) bond motifs is 1. The summed E-state index contributed by atoms with van der Waals surface area (Å²) in [6, 6.07) is 6.43. The Morgan fingerprint density at radius 3 is 2.86 bits per heavy atom. The molecule has 2 atom stereocenters. The van der Waals surface area contributed by atoms with Gasteiger partial charge in [-0.3, -0.25) is 4.40 Å². The zero-order valence-corrected chi connectivity index (χ0v) is 21.7. The summed E-state index contributed by atoms with van der Waals surface area (Å²) >= 11 is 3.55. The van der Waals surface area contributed by atoms with E-state index in [1.54, 1.807) is 41.7 Å². The molecule has 0 radical (unpaired) electrons. The van der Waals surface area contributed by atoms with Crippen molar-refractivity contribution in [3.63, 3.8) is 0 Å². The molecule has 2 aliphatic heterocycles. The van der Waals surface area contributed by atoms with Gasteiger partial charge >= 0.3 is 5.84 Å². The number of nitrogens with zero attached hydrogens (tertiary/aromatic N) is 6. The number of hydrogen-bond acceptors (Lipinski definition) is 9. The van der Waals surface area contributed by atoms with Crippen LogP contribution in [-0.4, -0.2) is 50.0 Å². The first-order valence-corrected chi connectivity index (χ1v) is 13.6. The molecular formula is C25H26FN7OS2. The van der Waals surface area contributed by atoms with Crippen LogP contribution in [0.3, 0.4) is 0 Å². The Hall–Kier alpha value is -3.02. The number of benzene rings is 1. The second-order valence-corrected chi connectivity index (χ2v) is 11.6. The van der Waals surface area contributed by atoms with Crippen LogP contribution in [0.25, 0.3) is 17.1 Å². The molecule has 1 saturated heterocycles. The van der Waals surface area contributed by atoms with E-state index in [0.717, 1.165) is 53.6 Å². The van der Waals surface area contributed by atoms with Gasteiger partial charge in [0.1, 0.15) is 18.1 Å². The third-order valence-electron chi connectivity index (χ3n) is 6.34. The Labute approximate surface area is 216 Å². The first kappa shape index (κ1) is 23.4. The molecule has 1 N–H and O–H groups in total. The maximum Gasteiger partial charge on any atom is 0.306 e. The van der Waals surface area contributed by atoms with Crippen molar-refractivity contribution in [3.05, 3.63) is 58.9 Å². The van der Waals surface area contributed by atoms with Crippen molar-refractivity contribution in [2.45, 2.75) is 49.4 Å². The second kappa shape index (κ2) is 9.79. The van der Waals surface area contributed by atoms with E-state index in [9.17, 15) is 4.39 Å². The van der Waals surface area contributed by atoms with Crippen LogP contribution in [0.5, 0.6) is 0 Å². The highest BCUT2D eigenvalue weighted by Crippen LogP contribution is 2.35. The summed E-state index contributed by atoms with van der Waals surface area (Å²) in [7, 11) is 0. The fourth-order valence-electron chi connectivity index (χ4n) is 4.70. The summed E-state index contributed by atoms with van der Waals surface area (Å²) in [5.41, 5.74) is 3.58. The van der Waals surface area contributed by atoms with Gasteiger partial charge in [0.05, 0.1) is 26.3 Å². The van der Waals surface area contributed by atoms with Gasteiger partial charge in [0, 0.05) is 43.5 Å². The van der Waals surface area contributed by atoms with Gasteiger partial charge in [-0.2, -0.15) is 4.98 Å². The number of aliphatic imine (C=N–C) groups is 2. The fraction of sp³-hybridized carbons (Fsp3) is 0.360. The smallest absolute Gasteiger partial charge is 0.306 e. The first-order chi connectivity index (χ1) is 17.5. The highest BCUT2D eigenvalue weighted by atomic mass is 32.2. The largest absolute Gasteiger partial charge is 0.432 e. The molecule has 8 nitrogen and oxygen atoms in total. The molecule has 1 aromatic carbocycles. The predicted octanol–water partition coefficient (Wildman–Crippen LogP) is 5.44. The number of nitrogens with one attached hydrogen (secondary N) is 1. The molecule has 0 amide bonds. The lowest BCUT2D eigenvalue weighted by Crippen LogP contribution is -2.45. The molecule has 0 bridgehead atoms. The zero-order valence-electron chi connectivity index (χ0n) is 20.0. The number of piperidine rings is 1. The molecular weight excluding hydrogens is 497 g/mol. The van der Waals surface area contributed by atoms with Gasteiger partial charge in [-0.1, -0.05) is 0 Å². The Morgan fingerprint density at radius 2 is 2.06 bits per heavy atom. The summed E-state index contributed by atoms with van der Waals surface area (Å²) in [6.45, 7) is 6.08. The average Bonchev–Trinajstić information content (AvgIpc) is 3.54. The first-order valence-electron chi connectivity index (χ1n) is 12.0. The van der Waals surface area contributed by atoms with Gasteiger partial charge in [-0.05, 0) is 62.9 Å². The van der Waals surface area contributed by atoms with Gasteiger partial charge in [0.15, 0.2) is 0 Å². The van der Waals surface area contributed by atoms with Gasteiger partial charge < -0.3 is 9.73 Å². The summed E-state index contributed by atoms with van der Waals surface area (Å²) in [5.74, 6) is 0.847. The molecule has 186 valence electrons. The van der Waals surface area contributed by atoms with E-state index >= 15 is 0 Å². The minimum absolute atomic E-state index is 0.186. The van der Waals surface area contributed by atoms with Gasteiger partial charge in [-0.25, -0.2) is 23.7 Å². The maximum absolute atomic E-state index is 13.5. The molecule has 0 aliphatic carbocycles. The summed E-state index contributed by atoms with van der Waals surface area (Å²) in [6.07, 6.45) is 8.19. The van der Waals surface area contributed by atoms with Gasteiger partial charge in [0.25, 0.3) is 0 Å². The third-order valence-corrected chi connectivity index (χ3v) is 8.74. The van der Waals surface area contributed by atoms with Crippen LogP contribution >= 0.6 is 23.3 Å². The number of aromatic nitrogens is 3. The maximum atomic E-state index is 13.5. The Bertz CT molecular complexity index is 1440. The Balaban J connectivity index is 1.22. The molecule has 0 saturated carbocycles. The standard InChI is InChI=1S/C25H26FN7OS2/c1-15-23(35-16(2)28-15)36-32-11-3-4-19(14-32)29-24-27-10-9-20(30-24)22-21(17-5-7-18(26)8-6-17)31-25-33(22)12-13-34-25/h5-8,10,12-13,19-20H,3-4,9,11,14H2,1-2H3,(H,29,30)/t19-,20?/m1/s1. The van der Waals surface area contributed by atoms with E-state index in [4.69, 9.17) is 9.41 Å². The number of aryl methyl sites for hydroxylation is 2. The van der Waals surface area contributed by atoms with Crippen LogP contribution < -0.4 is 5.32 Å². The lowest BCUT2D eigenvalue weighted by molar-refractivity contribution is 0.325. The number of oxazole rings is 1. The molecule has 1 unspecified atom stereocenters. The Morgan fingerprint density at radius 1 is 1.19 bits per heavy atom. The number of halogens is 1. The van der Waals surface area contributed by atoms with Crippen LogP contribution in [-0.2, 0) is 0 Å². The monoisotopic (exact) mass is 523 g/mol. The van der Waals surface area contributed by atoms with Crippen molar-refractivity contribution in [1.82, 2.24) is 24.0 Å². The highest BCUT2D eigenvalue weighted by Gasteiger charge is 2.27. The van der Waals surface area contributed by atoms with Crippen LogP contribution in [0, 0.1) is 19.7 Å². The lowest BCUT2D eigenvalue weighted by atomic mass is 10.0. The number of hydrogen-bond donors (Lipinski definition) is 1. The number of thiazole rings is 1. The Kier molecular flexibility index (Phi) is 6.36. The molecule has 36 heavy (non-hydrogen) atoms. The predicted molar refractivity (Wildman–Crippen MR) is 141 cm³/mol. The fourth-order valence-corrected chi connectivity index (χ4v) is 7.06. The van der Waals surface area contributed by atoms with E-state index in [0.29, 0.717) is 18.2 Å². The van der Waals surface area contributed by atoms with Gasteiger partial charge in [0.2, 0.25) is 5.96 Å². The van der Waals surface area contributed by atoms with Crippen LogP contribution in [0.4, 0.5) is 4.39 Å².